The molecule has 5 heteroatoms. The number of rotatable bonds is 5. The third-order valence-electron chi connectivity index (χ3n) is 10.3. The second-order valence-corrected chi connectivity index (χ2v) is 13.3. The average Bonchev–Trinajstić information content (AvgIpc) is 3.77. The molecule has 2 atom stereocenters. The van der Waals surface area contributed by atoms with Crippen molar-refractivity contribution in [2.45, 2.75) is 31.8 Å². The lowest BCUT2D eigenvalue weighted by atomic mass is 9.83. The summed E-state index contributed by atoms with van der Waals surface area (Å²) in [5.41, 5.74) is 10.7. The van der Waals surface area contributed by atoms with Crippen LogP contribution in [0.3, 0.4) is 0 Å². The van der Waals surface area contributed by atoms with E-state index in [0.717, 1.165) is 81.2 Å². The van der Waals surface area contributed by atoms with Crippen molar-refractivity contribution < 1.29 is 9.15 Å². The number of allylic oxidation sites excluding steroid dienone is 8. The maximum atomic E-state index is 6.60. The van der Waals surface area contributed by atoms with Crippen LogP contribution in [-0.2, 0) is 4.74 Å². The Bertz CT molecular complexity index is 2510. The van der Waals surface area contributed by atoms with Gasteiger partial charge >= 0.3 is 0 Å². The summed E-state index contributed by atoms with van der Waals surface area (Å²) in [7, 11) is 0. The van der Waals surface area contributed by atoms with Gasteiger partial charge in [-0.25, -0.2) is 15.0 Å². The topological polar surface area (TPSA) is 61.0 Å². The lowest BCUT2D eigenvalue weighted by Gasteiger charge is -2.17. The molecule has 0 spiro atoms. The van der Waals surface area contributed by atoms with Gasteiger partial charge < -0.3 is 9.15 Å². The fourth-order valence-corrected chi connectivity index (χ4v) is 7.79. The van der Waals surface area contributed by atoms with Crippen LogP contribution in [0.4, 0.5) is 0 Å². The Morgan fingerprint density at radius 3 is 2.26 bits per heavy atom. The van der Waals surface area contributed by atoms with E-state index in [0.29, 0.717) is 23.4 Å². The van der Waals surface area contributed by atoms with Crippen LogP contribution >= 0.6 is 0 Å². The highest BCUT2D eigenvalue weighted by Crippen LogP contribution is 2.48. The number of aromatic nitrogens is 3. The van der Waals surface area contributed by atoms with Crippen molar-refractivity contribution in [2.75, 3.05) is 0 Å². The number of ether oxygens (including phenoxy) is 1. The van der Waals surface area contributed by atoms with E-state index in [1.165, 1.54) is 16.7 Å². The van der Waals surface area contributed by atoms with Crippen LogP contribution in [0.5, 0.6) is 0 Å². The molecule has 0 amide bonds. The van der Waals surface area contributed by atoms with E-state index in [1.807, 2.05) is 6.07 Å². The molecule has 240 valence electrons. The standard InChI is InChI=1S/C45H33N3O2/c1-3-11-28(12-4-1)29-21-23-31(24-22-29)44-46-43(30-13-5-2-6-14-30)47-45(48-44)32-25-26-37-40(27-32)49-39-20-10-16-34(41(37)39)36-18-9-17-35-33-15-7-8-19-38(33)50-42(35)36/h1-5,7-8,10-13,15-16,18-27,33,38H,6,9,14,17H2. The summed E-state index contributed by atoms with van der Waals surface area (Å²) < 4.78 is 13.2. The van der Waals surface area contributed by atoms with Crippen molar-refractivity contribution in [3.05, 3.63) is 162 Å². The second-order valence-electron chi connectivity index (χ2n) is 13.3. The summed E-state index contributed by atoms with van der Waals surface area (Å²) in [5, 5.41) is 2.17. The fourth-order valence-electron chi connectivity index (χ4n) is 7.79. The summed E-state index contributed by atoms with van der Waals surface area (Å²) in [6, 6.07) is 31.5. The van der Waals surface area contributed by atoms with Crippen molar-refractivity contribution in [3.8, 4) is 33.9 Å². The van der Waals surface area contributed by atoms with Gasteiger partial charge in [0.05, 0.1) is 0 Å². The third-order valence-corrected chi connectivity index (χ3v) is 10.3. The predicted octanol–water partition coefficient (Wildman–Crippen LogP) is 11.1. The van der Waals surface area contributed by atoms with E-state index >= 15 is 0 Å². The van der Waals surface area contributed by atoms with Crippen LogP contribution < -0.4 is 0 Å². The van der Waals surface area contributed by atoms with Gasteiger partial charge in [-0.1, -0.05) is 115 Å². The number of benzene rings is 4. The smallest absolute Gasteiger partial charge is 0.164 e. The monoisotopic (exact) mass is 647 g/mol. The Labute approximate surface area is 290 Å². The second kappa shape index (κ2) is 11.8. The molecule has 50 heavy (non-hydrogen) atoms. The molecule has 0 fully saturated rings. The van der Waals surface area contributed by atoms with Crippen molar-refractivity contribution in [1.82, 2.24) is 15.0 Å². The van der Waals surface area contributed by atoms with Gasteiger partial charge in [-0.3, -0.25) is 0 Å². The van der Waals surface area contributed by atoms with Crippen LogP contribution in [0.15, 0.2) is 155 Å². The highest BCUT2D eigenvalue weighted by atomic mass is 16.5. The molecule has 4 aliphatic rings. The summed E-state index contributed by atoms with van der Waals surface area (Å²) in [5.74, 6) is 3.35. The Morgan fingerprint density at radius 2 is 1.40 bits per heavy atom. The molecule has 0 radical (unpaired) electrons. The number of hydrogen-bond donors (Lipinski definition) is 0. The largest absolute Gasteiger partial charge is 0.485 e. The van der Waals surface area contributed by atoms with Crippen molar-refractivity contribution in [1.29, 1.82) is 0 Å². The summed E-state index contributed by atoms with van der Waals surface area (Å²) in [6.45, 7) is 0. The lowest BCUT2D eigenvalue weighted by molar-refractivity contribution is 0.176. The molecule has 0 N–H and O–H groups in total. The first kappa shape index (κ1) is 28.9. The highest BCUT2D eigenvalue weighted by molar-refractivity contribution is 6.12. The number of fused-ring (bicyclic) bond motifs is 5. The van der Waals surface area contributed by atoms with Gasteiger partial charge in [0.1, 0.15) is 23.0 Å². The molecule has 0 saturated heterocycles. The Hall–Kier alpha value is -6.07. The first-order chi connectivity index (χ1) is 24.8. The number of furan rings is 1. The molecule has 2 aromatic heterocycles. The Morgan fingerprint density at radius 1 is 0.620 bits per heavy atom. The number of hydrogen-bond acceptors (Lipinski definition) is 5. The average molecular weight is 648 g/mol. The summed E-state index contributed by atoms with van der Waals surface area (Å²) in [4.78, 5) is 15.1. The molecule has 4 aromatic carbocycles. The van der Waals surface area contributed by atoms with Gasteiger partial charge in [-0.2, -0.15) is 0 Å². The van der Waals surface area contributed by atoms with Gasteiger partial charge in [0.15, 0.2) is 17.5 Å². The molecule has 10 rings (SSSR count). The predicted molar refractivity (Wildman–Crippen MR) is 201 cm³/mol. The normalized spacial score (nSPS) is 19.4. The minimum absolute atomic E-state index is 0.0756. The van der Waals surface area contributed by atoms with Gasteiger partial charge in [-0.15, -0.1) is 0 Å². The molecule has 3 heterocycles. The number of nitrogens with zero attached hydrogens (tertiary/aromatic N) is 3. The van der Waals surface area contributed by atoms with E-state index in [1.54, 1.807) is 0 Å². The van der Waals surface area contributed by atoms with E-state index in [2.05, 4.69) is 134 Å². The van der Waals surface area contributed by atoms with Crippen LogP contribution in [0, 0.1) is 5.92 Å². The SMILES string of the molecule is C1=CCCC(c2nc(-c3ccc(-c4ccccc4)cc3)nc(-c3ccc4c(c3)oc3cccc(C5=CCCC6=C5OC5C=CC=CC65)c34)n2)=C1. The molecule has 0 bridgehead atoms. The quantitative estimate of drug-likeness (QED) is 0.186. The van der Waals surface area contributed by atoms with Crippen molar-refractivity contribution in [3.63, 3.8) is 0 Å². The van der Waals surface area contributed by atoms with Crippen LogP contribution in [0.25, 0.3) is 67.0 Å². The molecule has 5 nitrogen and oxygen atoms in total. The highest BCUT2D eigenvalue weighted by Gasteiger charge is 2.37. The third kappa shape index (κ3) is 4.88. The molecule has 0 saturated carbocycles. The van der Waals surface area contributed by atoms with Crippen LogP contribution in [-0.4, -0.2) is 21.1 Å². The minimum atomic E-state index is 0.0756. The van der Waals surface area contributed by atoms with Gasteiger partial charge in [0.2, 0.25) is 0 Å². The van der Waals surface area contributed by atoms with Crippen molar-refractivity contribution in [2.24, 2.45) is 5.92 Å². The van der Waals surface area contributed by atoms with Crippen LogP contribution in [0.1, 0.15) is 37.1 Å². The Kier molecular flexibility index (Phi) is 6.83. The van der Waals surface area contributed by atoms with E-state index in [4.69, 9.17) is 24.1 Å². The van der Waals surface area contributed by atoms with E-state index in [9.17, 15) is 0 Å². The van der Waals surface area contributed by atoms with Gasteiger partial charge in [0, 0.05) is 33.4 Å². The minimum Gasteiger partial charge on any atom is -0.485 e. The van der Waals surface area contributed by atoms with Crippen LogP contribution in [0.2, 0.25) is 0 Å². The molecule has 3 aliphatic carbocycles. The fraction of sp³-hybridized carbons (Fsp3) is 0.133. The Balaban J connectivity index is 1.06. The molecule has 1 aliphatic heterocycles. The van der Waals surface area contributed by atoms with Gasteiger partial charge in [0.25, 0.3) is 0 Å². The van der Waals surface area contributed by atoms with Gasteiger partial charge in [-0.05, 0) is 77.8 Å². The maximum Gasteiger partial charge on any atom is 0.164 e. The van der Waals surface area contributed by atoms with Crippen molar-refractivity contribution >= 4 is 33.1 Å². The first-order valence-electron chi connectivity index (χ1n) is 17.5. The zero-order valence-electron chi connectivity index (χ0n) is 27.4. The lowest BCUT2D eigenvalue weighted by Crippen LogP contribution is -2.15. The summed E-state index contributed by atoms with van der Waals surface area (Å²) in [6.07, 6.45) is 21.4. The molecular weight excluding hydrogens is 615 g/mol. The van der Waals surface area contributed by atoms with E-state index in [-0.39, 0.29) is 6.10 Å². The first-order valence-corrected chi connectivity index (χ1v) is 17.5. The summed E-state index contributed by atoms with van der Waals surface area (Å²) >= 11 is 0. The zero-order chi connectivity index (χ0) is 33.0. The molecule has 2 unspecified atom stereocenters. The molecular formula is C45H33N3O2. The zero-order valence-corrected chi connectivity index (χ0v) is 27.4. The molecule has 6 aromatic rings. The maximum absolute atomic E-state index is 6.60. The van der Waals surface area contributed by atoms with E-state index < -0.39 is 0 Å².